The Morgan fingerprint density at radius 2 is 2.00 bits per heavy atom. The van der Waals surface area contributed by atoms with Gasteiger partial charge < -0.3 is 4.57 Å². The Labute approximate surface area is 111 Å². The number of para-hydroxylation sites is 1. The predicted octanol–water partition coefficient (Wildman–Crippen LogP) is 3.45. The molecule has 96 valence electrons. The first kappa shape index (κ1) is 13.2. The molecule has 0 radical (unpaired) electrons. The Morgan fingerprint density at radius 3 is 2.56 bits per heavy atom. The van der Waals surface area contributed by atoms with Gasteiger partial charge in [-0.1, -0.05) is 30.4 Å². The van der Waals surface area contributed by atoms with Gasteiger partial charge in [-0.05, 0) is 19.9 Å². The summed E-state index contributed by atoms with van der Waals surface area (Å²) in [5.41, 5.74) is 2.46. The summed E-state index contributed by atoms with van der Waals surface area (Å²) in [5.74, 6) is 0. The zero-order chi connectivity index (χ0) is 13.5. The molecule has 0 bridgehead atoms. The highest BCUT2D eigenvalue weighted by molar-refractivity contribution is 8.14. The lowest BCUT2D eigenvalue weighted by Gasteiger charge is -2.07. The van der Waals surface area contributed by atoms with Crippen LogP contribution in [0.3, 0.4) is 0 Å². The van der Waals surface area contributed by atoms with Crippen LogP contribution >= 0.6 is 10.7 Å². The smallest absolute Gasteiger partial charge is 0.263 e. The van der Waals surface area contributed by atoms with Crippen LogP contribution in [0.15, 0.2) is 41.3 Å². The van der Waals surface area contributed by atoms with E-state index in [2.05, 4.69) is 6.58 Å². The second-order valence-electron chi connectivity index (χ2n) is 4.41. The Morgan fingerprint density at radius 1 is 1.39 bits per heavy atom. The van der Waals surface area contributed by atoms with Gasteiger partial charge in [-0.25, -0.2) is 8.42 Å². The maximum Gasteiger partial charge on any atom is 0.263 e. The predicted molar refractivity (Wildman–Crippen MR) is 74.5 cm³/mol. The molecule has 0 spiro atoms. The largest absolute Gasteiger partial charge is 0.339 e. The Bertz CT molecular complexity index is 729. The number of hydrogen-bond donors (Lipinski definition) is 0. The van der Waals surface area contributed by atoms with Crippen molar-refractivity contribution in [2.75, 3.05) is 0 Å². The topological polar surface area (TPSA) is 39.1 Å². The zero-order valence-electron chi connectivity index (χ0n) is 10.3. The van der Waals surface area contributed by atoms with E-state index in [0.29, 0.717) is 17.6 Å². The van der Waals surface area contributed by atoms with Gasteiger partial charge in [0.1, 0.15) is 4.90 Å². The molecule has 0 aliphatic heterocycles. The second-order valence-corrected chi connectivity index (χ2v) is 6.92. The molecule has 0 fully saturated rings. The highest BCUT2D eigenvalue weighted by Gasteiger charge is 2.22. The molecular formula is C13H14ClNO2S. The lowest BCUT2D eigenvalue weighted by Crippen LogP contribution is -2.02. The van der Waals surface area contributed by atoms with E-state index in [4.69, 9.17) is 10.7 Å². The van der Waals surface area contributed by atoms with Crippen molar-refractivity contribution in [3.63, 3.8) is 0 Å². The molecule has 0 amide bonds. The lowest BCUT2D eigenvalue weighted by atomic mass is 10.2. The van der Waals surface area contributed by atoms with Crippen LogP contribution in [0.1, 0.15) is 12.6 Å². The van der Waals surface area contributed by atoms with Gasteiger partial charge in [0.05, 0.1) is 0 Å². The molecule has 18 heavy (non-hydrogen) atoms. The summed E-state index contributed by atoms with van der Waals surface area (Å²) in [4.78, 5) is 0.195. The molecule has 0 unspecified atom stereocenters. The summed E-state index contributed by atoms with van der Waals surface area (Å²) >= 11 is 0. The van der Waals surface area contributed by atoms with E-state index < -0.39 is 9.05 Å². The van der Waals surface area contributed by atoms with Crippen molar-refractivity contribution in [2.24, 2.45) is 0 Å². The minimum Gasteiger partial charge on any atom is -0.339 e. The maximum atomic E-state index is 11.7. The molecule has 0 aliphatic rings. The number of fused-ring (bicyclic) bond motifs is 1. The maximum absolute atomic E-state index is 11.7. The molecule has 5 heteroatoms. The van der Waals surface area contributed by atoms with Crippen molar-refractivity contribution in [3.05, 3.63) is 42.1 Å². The molecule has 1 aromatic carbocycles. The molecule has 2 rings (SSSR count). The van der Waals surface area contributed by atoms with Crippen LogP contribution in [0.5, 0.6) is 0 Å². The molecule has 1 aromatic heterocycles. The fourth-order valence-corrected chi connectivity index (χ4v) is 3.66. The molecular weight excluding hydrogens is 270 g/mol. The van der Waals surface area contributed by atoms with Gasteiger partial charge in [-0.3, -0.25) is 0 Å². The molecule has 0 saturated carbocycles. The Balaban J connectivity index is 2.88. The van der Waals surface area contributed by atoms with Gasteiger partial charge in [0.15, 0.2) is 0 Å². The summed E-state index contributed by atoms with van der Waals surface area (Å²) in [6, 6.07) is 7.34. The first-order valence-corrected chi connectivity index (χ1v) is 7.80. The van der Waals surface area contributed by atoms with Crippen molar-refractivity contribution in [1.82, 2.24) is 4.57 Å². The van der Waals surface area contributed by atoms with Gasteiger partial charge in [-0.2, -0.15) is 0 Å². The molecule has 0 atom stereocenters. The number of aromatic nitrogens is 1. The minimum absolute atomic E-state index is 0.195. The summed E-state index contributed by atoms with van der Waals surface area (Å²) in [6.07, 6.45) is 0. The molecule has 0 N–H and O–H groups in total. The van der Waals surface area contributed by atoms with Gasteiger partial charge in [0.2, 0.25) is 0 Å². The molecule has 2 aromatic rings. The van der Waals surface area contributed by atoms with Crippen LogP contribution in [-0.2, 0) is 15.6 Å². The average molecular weight is 284 g/mol. The van der Waals surface area contributed by atoms with Crippen LogP contribution in [-0.4, -0.2) is 13.0 Å². The second kappa shape index (κ2) is 4.44. The Hall–Kier alpha value is -1.26. The fraction of sp³-hybridized carbons (Fsp3) is 0.231. The number of halogens is 1. The van der Waals surface area contributed by atoms with Crippen LogP contribution in [0, 0.1) is 6.92 Å². The van der Waals surface area contributed by atoms with Crippen molar-refractivity contribution in [3.8, 4) is 0 Å². The van der Waals surface area contributed by atoms with Gasteiger partial charge >= 0.3 is 0 Å². The van der Waals surface area contributed by atoms with Gasteiger partial charge in [0.25, 0.3) is 9.05 Å². The summed E-state index contributed by atoms with van der Waals surface area (Å²) < 4.78 is 25.3. The Kier molecular flexibility index (Phi) is 3.25. The summed E-state index contributed by atoms with van der Waals surface area (Å²) in [6.45, 7) is 8.12. The summed E-state index contributed by atoms with van der Waals surface area (Å²) in [5, 5.41) is 0.659. The van der Waals surface area contributed by atoms with Gasteiger partial charge in [0, 0.05) is 33.8 Å². The standard InChI is InChI=1S/C13H14ClNO2S/c1-9(2)8-15-10(3)13(18(14,16)17)11-6-4-5-7-12(11)15/h4-7H,1,8H2,2-3H3. The van der Waals surface area contributed by atoms with Crippen molar-refractivity contribution >= 4 is 30.6 Å². The van der Waals surface area contributed by atoms with E-state index >= 15 is 0 Å². The first-order valence-electron chi connectivity index (χ1n) is 5.49. The minimum atomic E-state index is -3.75. The average Bonchev–Trinajstić information content (AvgIpc) is 2.51. The molecule has 0 aliphatic carbocycles. The van der Waals surface area contributed by atoms with Crippen LogP contribution in [0.2, 0.25) is 0 Å². The van der Waals surface area contributed by atoms with E-state index in [1.807, 2.05) is 23.6 Å². The van der Waals surface area contributed by atoms with Crippen molar-refractivity contribution in [1.29, 1.82) is 0 Å². The number of allylic oxidation sites excluding steroid dienone is 1. The van der Waals surface area contributed by atoms with Crippen molar-refractivity contribution < 1.29 is 8.42 Å². The molecule has 3 nitrogen and oxygen atoms in total. The first-order chi connectivity index (χ1) is 8.32. The summed E-state index contributed by atoms with van der Waals surface area (Å²) in [7, 11) is 1.78. The highest BCUT2D eigenvalue weighted by atomic mass is 35.7. The third-order valence-corrected chi connectivity index (χ3v) is 4.31. The number of hydrogen-bond acceptors (Lipinski definition) is 2. The van der Waals surface area contributed by atoms with E-state index in [1.165, 1.54) is 0 Å². The van der Waals surface area contributed by atoms with E-state index in [-0.39, 0.29) is 4.90 Å². The number of nitrogens with zero attached hydrogens (tertiary/aromatic N) is 1. The van der Waals surface area contributed by atoms with E-state index in [1.54, 1.807) is 19.1 Å². The third-order valence-electron chi connectivity index (χ3n) is 2.84. The fourth-order valence-electron chi connectivity index (χ4n) is 2.18. The van der Waals surface area contributed by atoms with Crippen molar-refractivity contribution in [2.45, 2.75) is 25.3 Å². The van der Waals surface area contributed by atoms with E-state index in [0.717, 1.165) is 11.1 Å². The highest BCUT2D eigenvalue weighted by Crippen LogP contribution is 2.32. The zero-order valence-corrected chi connectivity index (χ0v) is 11.8. The quantitative estimate of drug-likeness (QED) is 0.639. The number of benzene rings is 1. The number of rotatable bonds is 3. The SMILES string of the molecule is C=C(C)Cn1c(C)c(S(=O)(=O)Cl)c2ccccc21. The molecule has 1 heterocycles. The monoisotopic (exact) mass is 283 g/mol. The third kappa shape index (κ3) is 2.18. The van der Waals surface area contributed by atoms with Gasteiger partial charge in [-0.15, -0.1) is 0 Å². The van der Waals surface area contributed by atoms with Crippen LogP contribution in [0.4, 0.5) is 0 Å². The lowest BCUT2D eigenvalue weighted by molar-refractivity contribution is 0.609. The van der Waals surface area contributed by atoms with E-state index in [9.17, 15) is 8.42 Å². The normalized spacial score (nSPS) is 11.9. The van der Waals surface area contributed by atoms with Crippen LogP contribution < -0.4 is 0 Å². The van der Waals surface area contributed by atoms with Crippen LogP contribution in [0.25, 0.3) is 10.9 Å². The molecule has 0 saturated heterocycles.